The molecule has 0 saturated heterocycles. The van der Waals surface area contributed by atoms with Gasteiger partial charge in [-0.05, 0) is 53.5 Å². The number of benzene rings is 1. The van der Waals surface area contributed by atoms with E-state index in [1.807, 2.05) is 54.7 Å². The number of aromatic nitrogens is 2. The number of rotatable bonds is 2. The van der Waals surface area contributed by atoms with Gasteiger partial charge in [0.2, 0.25) is 0 Å². The summed E-state index contributed by atoms with van der Waals surface area (Å²) in [5, 5.41) is 1.85. The summed E-state index contributed by atoms with van der Waals surface area (Å²) < 4.78 is 10.7. The van der Waals surface area contributed by atoms with Gasteiger partial charge in [-0.1, -0.05) is 0 Å². The SMILES string of the molecule is O=Pc1ccc(-c2ccc3ccc[nH+]c3n2)cc1. The van der Waals surface area contributed by atoms with Crippen molar-refractivity contribution in [2.24, 2.45) is 0 Å². The van der Waals surface area contributed by atoms with E-state index < -0.39 is 0 Å². The van der Waals surface area contributed by atoms with Crippen LogP contribution in [0.15, 0.2) is 54.7 Å². The van der Waals surface area contributed by atoms with E-state index in [2.05, 4.69) is 9.97 Å². The molecule has 1 aromatic carbocycles. The molecule has 2 heterocycles. The number of hydrogen-bond acceptors (Lipinski definition) is 2. The monoisotopic (exact) mass is 253 g/mol. The molecule has 0 bridgehead atoms. The summed E-state index contributed by atoms with van der Waals surface area (Å²) in [5.74, 6) is 0. The van der Waals surface area contributed by atoms with Crippen molar-refractivity contribution in [2.45, 2.75) is 0 Å². The lowest BCUT2D eigenvalue weighted by Gasteiger charge is -1.96. The van der Waals surface area contributed by atoms with Gasteiger partial charge < -0.3 is 0 Å². The van der Waals surface area contributed by atoms with Crippen molar-refractivity contribution >= 4 is 24.8 Å². The minimum absolute atomic E-state index is 0.0453. The third kappa shape index (κ3) is 2.01. The Morgan fingerprint density at radius 2 is 1.83 bits per heavy atom. The van der Waals surface area contributed by atoms with Crippen LogP contribution in [0.1, 0.15) is 0 Å². The normalized spacial score (nSPS) is 10.9. The highest BCUT2D eigenvalue weighted by atomic mass is 31.1. The Kier molecular flexibility index (Phi) is 2.83. The Bertz CT molecular complexity index is 710. The summed E-state index contributed by atoms with van der Waals surface area (Å²) >= 11 is 0. The summed E-state index contributed by atoms with van der Waals surface area (Å²) in [6, 6.07) is 15.5. The Hall–Kier alpha value is -2.12. The molecule has 18 heavy (non-hydrogen) atoms. The maximum atomic E-state index is 10.7. The molecular formula is C14H10N2OP+. The van der Waals surface area contributed by atoms with Crippen molar-refractivity contribution in [3.8, 4) is 11.3 Å². The molecule has 3 rings (SSSR count). The number of nitrogens with one attached hydrogen (secondary N) is 1. The van der Waals surface area contributed by atoms with Crippen LogP contribution in [0.3, 0.4) is 0 Å². The van der Waals surface area contributed by atoms with Gasteiger partial charge in [-0.3, -0.25) is 4.57 Å². The Morgan fingerprint density at radius 1 is 1.00 bits per heavy atom. The van der Waals surface area contributed by atoms with E-state index in [1.54, 1.807) is 0 Å². The number of hydrogen-bond donors (Lipinski definition) is 0. The summed E-state index contributed by atoms with van der Waals surface area (Å²) in [6.45, 7) is 0. The average molecular weight is 253 g/mol. The quantitative estimate of drug-likeness (QED) is 0.659. The van der Waals surface area contributed by atoms with E-state index in [0.29, 0.717) is 0 Å². The highest BCUT2D eigenvalue weighted by Crippen LogP contribution is 2.18. The molecule has 0 saturated carbocycles. The zero-order valence-electron chi connectivity index (χ0n) is 9.50. The number of pyridine rings is 2. The first kappa shape index (κ1) is 11.0. The molecule has 0 aliphatic rings. The highest BCUT2D eigenvalue weighted by molar-refractivity contribution is 7.34. The zero-order valence-corrected chi connectivity index (χ0v) is 10.4. The largest absolute Gasteiger partial charge is 0.328 e. The molecule has 0 radical (unpaired) electrons. The van der Waals surface area contributed by atoms with Crippen molar-refractivity contribution in [2.75, 3.05) is 0 Å². The van der Waals surface area contributed by atoms with Crippen molar-refractivity contribution < 1.29 is 9.55 Å². The number of fused-ring (bicyclic) bond motifs is 1. The second-order valence-corrected chi connectivity index (χ2v) is 4.64. The van der Waals surface area contributed by atoms with Gasteiger partial charge in [0.1, 0.15) is 0 Å². The van der Waals surface area contributed by atoms with Crippen LogP contribution in [-0.2, 0) is 4.57 Å². The highest BCUT2D eigenvalue weighted by Gasteiger charge is 2.08. The number of aromatic amines is 1. The van der Waals surface area contributed by atoms with Crippen molar-refractivity contribution in [3.05, 3.63) is 54.7 Å². The first-order chi connectivity index (χ1) is 8.86. The van der Waals surface area contributed by atoms with E-state index in [1.165, 1.54) is 0 Å². The molecule has 0 spiro atoms. The molecule has 0 unspecified atom stereocenters. The van der Waals surface area contributed by atoms with Gasteiger partial charge in [-0.15, -0.1) is 0 Å². The topological polar surface area (TPSA) is 44.1 Å². The van der Waals surface area contributed by atoms with Gasteiger partial charge >= 0.3 is 5.65 Å². The molecule has 0 aliphatic carbocycles. The van der Waals surface area contributed by atoms with Crippen molar-refractivity contribution in [1.29, 1.82) is 0 Å². The molecule has 0 fully saturated rings. The van der Waals surface area contributed by atoms with E-state index in [0.717, 1.165) is 27.6 Å². The Morgan fingerprint density at radius 3 is 2.61 bits per heavy atom. The smallest absolute Gasteiger partial charge is 0.269 e. The molecule has 3 nitrogen and oxygen atoms in total. The van der Waals surface area contributed by atoms with Gasteiger partial charge in [0.25, 0.3) is 0 Å². The van der Waals surface area contributed by atoms with Gasteiger partial charge in [0.15, 0.2) is 14.2 Å². The van der Waals surface area contributed by atoms with Crippen LogP contribution in [-0.4, -0.2) is 4.98 Å². The van der Waals surface area contributed by atoms with Crippen LogP contribution >= 0.6 is 8.46 Å². The molecule has 3 aromatic rings. The lowest BCUT2D eigenvalue weighted by Crippen LogP contribution is -2.04. The Labute approximate surface area is 106 Å². The summed E-state index contributed by atoms with van der Waals surface area (Å²) in [7, 11) is 0.0453. The van der Waals surface area contributed by atoms with Crippen LogP contribution in [0.4, 0.5) is 0 Å². The molecule has 0 amide bonds. The average Bonchev–Trinajstić information content (AvgIpc) is 2.47. The first-order valence-corrected chi connectivity index (χ1v) is 6.39. The molecular weight excluding hydrogens is 243 g/mol. The van der Waals surface area contributed by atoms with Gasteiger partial charge in [-0.25, -0.2) is 4.98 Å². The summed E-state index contributed by atoms with van der Waals surface area (Å²) in [4.78, 5) is 7.69. The number of H-pyrrole nitrogens is 1. The molecule has 2 aromatic heterocycles. The third-order valence-electron chi connectivity index (χ3n) is 2.79. The van der Waals surface area contributed by atoms with Crippen LogP contribution < -0.4 is 10.3 Å². The van der Waals surface area contributed by atoms with Crippen LogP contribution in [0.25, 0.3) is 22.3 Å². The summed E-state index contributed by atoms with van der Waals surface area (Å²) in [5.41, 5.74) is 2.78. The molecule has 1 N–H and O–H groups in total. The van der Waals surface area contributed by atoms with Gasteiger partial charge in [-0.2, -0.15) is 0 Å². The maximum Gasteiger partial charge on any atom is 0.328 e. The fraction of sp³-hybridized carbons (Fsp3) is 0. The zero-order chi connectivity index (χ0) is 12.4. The predicted octanol–water partition coefficient (Wildman–Crippen LogP) is 2.63. The minimum atomic E-state index is 0.0453. The second-order valence-electron chi connectivity index (χ2n) is 3.94. The second kappa shape index (κ2) is 4.63. The first-order valence-electron chi connectivity index (χ1n) is 5.58. The van der Waals surface area contributed by atoms with Gasteiger partial charge in [0.05, 0.1) is 11.6 Å². The number of nitrogens with zero attached hydrogens (tertiary/aromatic N) is 1. The van der Waals surface area contributed by atoms with Crippen molar-refractivity contribution in [3.63, 3.8) is 0 Å². The minimum Gasteiger partial charge on any atom is -0.269 e. The lowest BCUT2D eigenvalue weighted by molar-refractivity contribution is -0.347. The molecule has 86 valence electrons. The molecule has 0 atom stereocenters. The predicted molar refractivity (Wildman–Crippen MR) is 71.0 cm³/mol. The third-order valence-corrected chi connectivity index (χ3v) is 3.30. The fourth-order valence-corrected chi connectivity index (χ4v) is 2.12. The van der Waals surface area contributed by atoms with E-state index in [4.69, 9.17) is 0 Å². The van der Waals surface area contributed by atoms with E-state index in [9.17, 15) is 4.57 Å². The molecule has 4 heteroatoms. The van der Waals surface area contributed by atoms with E-state index >= 15 is 0 Å². The van der Waals surface area contributed by atoms with Crippen LogP contribution in [0.2, 0.25) is 0 Å². The van der Waals surface area contributed by atoms with Crippen LogP contribution in [0.5, 0.6) is 0 Å². The fourth-order valence-electron chi connectivity index (χ4n) is 1.85. The van der Waals surface area contributed by atoms with Crippen LogP contribution in [0, 0.1) is 0 Å². The molecule has 0 aliphatic heterocycles. The van der Waals surface area contributed by atoms with E-state index in [-0.39, 0.29) is 8.46 Å². The Balaban J connectivity index is 2.10. The van der Waals surface area contributed by atoms with Crippen molar-refractivity contribution in [1.82, 2.24) is 4.98 Å². The standard InChI is InChI=1S/C14H9N2OP/c17-18-12-6-3-10(4-7-12)13-8-5-11-2-1-9-15-14(11)16-13/h1-9H/p+1. The summed E-state index contributed by atoms with van der Waals surface area (Å²) in [6.07, 6.45) is 1.86. The lowest BCUT2D eigenvalue weighted by atomic mass is 10.1. The maximum absolute atomic E-state index is 10.7. The van der Waals surface area contributed by atoms with Gasteiger partial charge in [0, 0.05) is 10.9 Å².